The highest BCUT2D eigenvalue weighted by Crippen LogP contribution is 2.48. The normalized spacial score (nSPS) is 11.8. The summed E-state index contributed by atoms with van der Waals surface area (Å²) in [6, 6.07) is 43.3. The molecule has 0 atom stereocenters. The fraction of sp³-hybridized carbons (Fsp3) is 0.0833. The lowest BCUT2D eigenvalue weighted by Gasteiger charge is -2.14. The Balaban J connectivity index is 1.58. The zero-order chi connectivity index (χ0) is 38.2. The molecule has 4 aromatic carbocycles. The number of fused-ring (bicyclic) bond motifs is 8. The predicted molar refractivity (Wildman–Crippen MR) is 226 cm³/mol. The molecule has 0 unspecified atom stereocenters. The van der Waals surface area contributed by atoms with Crippen molar-refractivity contribution >= 4 is 46.4 Å². The molecule has 0 aliphatic carbocycles. The summed E-state index contributed by atoms with van der Waals surface area (Å²) in [4.78, 5) is 14.0. The molecule has 5 heterocycles. The van der Waals surface area contributed by atoms with Crippen LogP contribution in [-0.4, -0.2) is 48.0 Å². The van der Waals surface area contributed by atoms with Crippen LogP contribution in [0.5, 0.6) is 23.0 Å². The van der Waals surface area contributed by atoms with Crippen LogP contribution in [0.25, 0.3) is 85.4 Å². The molecule has 3 aromatic heterocycles. The molecule has 0 amide bonds. The number of aromatic amines is 1. The topological polar surface area (TPSA) is 83.4 Å². The first-order chi connectivity index (χ1) is 27.5. The van der Waals surface area contributed by atoms with Gasteiger partial charge in [-0.25, -0.2) is 9.97 Å². The average molecular weight is 735 g/mol. The zero-order valence-electron chi connectivity index (χ0n) is 31.4. The van der Waals surface area contributed by atoms with Crippen molar-refractivity contribution < 1.29 is 18.9 Å². The first kappa shape index (κ1) is 34.4. The van der Waals surface area contributed by atoms with Crippen LogP contribution in [0.4, 0.5) is 0 Å². The fourth-order valence-corrected chi connectivity index (χ4v) is 7.43. The number of hydrogen-bond donors (Lipinski definition) is 1. The predicted octanol–water partition coefficient (Wildman–Crippen LogP) is 11.2. The molecule has 0 fully saturated rings. The highest BCUT2D eigenvalue weighted by atomic mass is 16.5. The van der Waals surface area contributed by atoms with E-state index in [0.29, 0.717) is 0 Å². The highest BCUT2D eigenvalue weighted by molar-refractivity contribution is 6.10. The first-order valence-corrected chi connectivity index (χ1v) is 18.3. The summed E-state index contributed by atoms with van der Waals surface area (Å²) in [7, 11) is 6.74. The first-order valence-electron chi connectivity index (χ1n) is 18.3. The smallest absolute Gasteiger partial charge is 0.119 e. The van der Waals surface area contributed by atoms with Gasteiger partial charge in [0.15, 0.2) is 0 Å². The van der Waals surface area contributed by atoms with E-state index in [9.17, 15) is 0 Å². The maximum Gasteiger partial charge on any atom is 0.119 e. The number of nitrogens with one attached hydrogen (secondary N) is 1. The Labute approximate surface area is 324 Å². The van der Waals surface area contributed by atoms with Gasteiger partial charge in [-0.2, -0.15) is 0 Å². The van der Waals surface area contributed by atoms with Gasteiger partial charge in [-0.05, 0) is 132 Å². The zero-order valence-corrected chi connectivity index (χ0v) is 31.4. The third kappa shape index (κ3) is 6.37. The van der Waals surface area contributed by atoms with Crippen LogP contribution in [0.1, 0.15) is 22.8 Å². The Morgan fingerprint density at radius 1 is 0.429 bits per heavy atom. The van der Waals surface area contributed by atoms with Gasteiger partial charge in [-0.15, -0.1) is 0 Å². The number of H-pyrrole nitrogens is 1. The maximum atomic E-state index is 5.65. The van der Waals surface area contributed by atoms with E-state index in [1.807, 2.05) is 54.6 Å². The Morgan fingerprint density at radius 2 is 0.857 bits per heavy atom. The minimum atomic E-state index is 0.759. The largest absolute Gasteiger partial charge is 0.497 e. The van der Waals surface area contributed by atoms with Crippen LogP contribution in [0.15, 0.2) is 127 Å². The summed E-state index contributed by atoms with van der Waals surface area (Å²) in [6.07, 6.45) is 8.28. The lowest BCUT2D eigenvalue weighted by atomic mass is 9.93. The Morgan fingerprint density at radius 3 is 1.38 bits per heavy atom. The van der Waals surface area contributed by atoms with E-state index in [0.717, 1.165) is 107 Å². The number of ether oxygens (including phenoxy) is 4. The minimum absolute atomic E-state index is 0.759. The third-order valence-corrected chi connectivity index (χ3v) is 10.1. The van der Waals surface area contributed by atoms with Gasteiger partial charge in [-0.1, -0.05) is 36.4 Å². The second-order valence-electron chi connectivity index (χ2n) is 13.4. The van der Waals surface area contributed by atoms with E-state index in [4.69, 9.17) is 28.9 Å². The molecular weight excluding hydrogens is 697 g/mol. The van der Waals surface area contributed by atoms with Crippen molar-refractivity contribution in [2.75, 3.05) is 28.4 Å². The minimum Gasteiger partial charge on any atom is -0.497 e. The van der Waals surface area contributed by atoms with Crippen LogP contribution in [0.3, 0.4) is 0 Å². The molecule has 8 nitrogen and oxygen atoms in total. The number of benzene rings is 4. The molecule has 1 N–H and O–H groups in total. The molecular formula is C48H38N4O4. The van der Waals surface area contributed by atoms with Crippen molar-refractivity contribution in [3.05, 3.63) is 150 Å². The van der Waals surface area contributed by atoms with Crippen molar-refractivity contribution in [2.45, 2.75) is 0 Å². The highest BCUT2D eigenvalue weighted by Gasteiger charge is 2.26. The van der Waals surface area contributed by atoms with Crippen LogP contribution in [-0.2, 0) is 0 Å². The van der Waals surface area contributed by atoms with Crippen molar-refractivity contribution in [3.8, 4) is 62.1 Å². The SMILES string of the molecule is COc1ccc(-c2c(-c3ccc(OC)cc3)c3c(-c4ccc(OC)cc4)c4nc(cc5ccc(cc6nc(cc2n3-c2ccc(OC)cc2)C=C6)[nH]5)C=C4)cc1. The lowest BCUT2D eigenvalue weighted by molar-refractivity contribution is 0.414. The van der Waals surface area contributed by atoms with Crippen molar-refractivity contribution in [1.82, 2.24) is 19.5 Å². The summed E-state index contributed by atoms with van der Waals surface area (Å²) in [5, 5.41) is 0. The summed E-state index contributed by atoms with van der Waals surface area (Å²) in [5.74, 6) is 3.06. The average Bonchev–Trinajstić information content (AvgIpc) is 4.06. The molecule has 2 aliphatic heterocycles. The third-order valence-electron chi connectivity index (χ3n) is 10.1. The molecule has 8 heteroatoms. The van der Waals surface area contributed by atoms with Crippen LogP contribution < -0.4 is 18.9 Å². The van der Waals surface area contributed by atoms with Crippen LogP contribution >= 0.6 is 0 Å². The van der Waals surface area contributed by atoms with Gasteiger partial charge in [0, 0.05) is 33.4 Å². The number of aromatic nitrogens is 4. The fourth-order valence-electron chi connectivity index (χ4n) is 7.43. The number of nitrogens with zero attached hydrogens (tertiary/aromatic N) is 3. The van der Waals surface area contributed by atoms with Gasteiger partial charge < -0.3 is 28.5 Å². The number of hydrogen-bond acceptors (Lipinski definition) is 6. The molecule has 0 saturated heterocycles. The quantitative estimate of drug-likeness (QED) is 0.167. The monoisotopic (exact) mass is 734 g/mol. The summed E-state index contributed by atoms with van der Waals surface area (Å²) >= 11 is 0. The second kappa shape index (κ2) is 14.5. The molecule has 9 rings (SSSR count). The van der Waals surface area contributed by atoms with Gasteiger partial charge in [-0.3, -0.25) is 0 Å². The molecule has 8 bridgehead atoms. The van der Waals surface area contributed by atoms with Gasteiger partial charge in [0.25, 0.3) is 0 Å². The van der Waals surface area contributed by atoms with Crippen LogP contribution in [0, 0.1) is 0 Å². The molecule has 7 aromatic rings. The molecule has 56 heavy (non-hydrogen) atoms. The Kier molecular flexibility index (Phi) is 8.91. The lowest BCUT2D eigenvalue weighted by Crippen LogP contribution is -1.98. The molecule has 0 radical (unpaired) electrons. The van der Waals surface area contributed by atoms with Gasteiger partial charge in [0.05, 0.1) is 62.2 Å². The molecule has 0 spiro atoms. The standard InChI is InChI=1S/C48H38N4O4/c1-53-39-18-5-30(6-19-39)45-43-26-15-36(51-43)28-35-12-11-33(49-35)27-34-13-14-37(50-34)29-44-46(31-7-20-40(54-2)21-8-31)47(32-9-22-41(55-3)23-10-32)48(45)52(44)38-16-24-42(56-4)25-17-38/h5-29,49H,1-4H3. The van der Waals surface area contributed by atoms with Gasteiger partial charge >= 0.3 is 0 Å². The van der Waals surface area contributed by atoms with Crippen molar-refractivity contribution in [2.24, 2.45) is 0 Å². The maximum absolute atomic E-state index is 5.65. The molecule has 2 aliphatic rings. The van der Waals surface area contributed by atoms with E-state index in [2.05, 4.69) is 107 Å². The summed E-state index contributed by atoms with van der Waals surface area (Å²) < 4.78 is 24.9. The van der Waals surface area contributed by atoms with E-state index in [1.54, 1.807) is 28.4 Å². The van der Waals surface area contributed by atoms with Crippen LogP contribution in [0.2, 0.25) is 0 Å². The van der Waals surface area contributed by atoms with Gasteiger partial charge in [0.2, 0.25) is 0 Å². The van der Waals surface area contributed by atoms with Crippen molar-refractivity contribution in [3.63, 3.8) is 0 Å². The number of rotatable bonds is 8. The second-order valence-corrected chi connectivity index (χ2v) is 13.4. The van der Waals surface area contributed by atoms with E-state index < -0.39 is 0 Å². The summed E-state index contributed by atoms with van der Waals surface area (Å²) in [6.45, 7) is 0. The van der Waals surface area contributed by atoms with Gasteiger partial charge in [0.1, 0.15) is 23.0 Å². The van der Waals surface area contributed by atoms with E-state index in [1.165, 1.54) is 0 Å². The van der Waals surface area contributed by atoms with E-state index >= 15 is 0 Å². The number of methoxy groups -OCH3 is 4. The van der Waals surface area contributed by atoms with Crippen molar-refractivity contribution in [1.29, 1.82) is 0 Å². The van der Waals surface area contributed by atoms with E-state index in [-0.39, 0.29) is 0 Å². The molecule has 274 valence electrons. The molecule has 0 saturated carbocycles. The summed E-state index contributed by atoms with van der Waals surface area (Å²) in [5.41, 5.74) is 14.0. The Hall–Kier alpha value is -7.32. The Bertz CT molecular complexity index is 2810.